The Morgan fingerprint density at radius 2 is 2.15 bits per heavy atom. The molecule has 0 bridgehead atoms. The Hall–Kier alpha value is -0.750. The molecule has 0 amide bonds. The van der Waals surface area contributed by atoms with Crippen LogP contribution in [0.2, 0.25) is 0 Å². The first-order chi connectivity index (χ1) is 6.07. The molecule has 0 radical (unpaired) electrons. The standard InChI is InChI=1S/C7H8BrF2N3/c8-5-3(1-11)2-13-7(12)4(5)6(9)10/h2,6H,1,11H2,(H2,12,13). The first-order valence-electron chi connectivity index (χ1n) is 3.49. The van der Waals surface area contributed by atoms with E-state index in [1.165, 1.54) is 6.20 Å². The summed E-state index contributed by atoms with van der Waals surface area (Å²) in [4.78, 5) is 3.62. The predicted molar refractivity (Wildman–Crippen MR) is 49.2 cm³/mol. The normalized spacial score (nSPS) is 10.8. The number of halogens is 3. The number of hydrogen-bond acceptors (Lipinski definition) is 3. The smallest absolute Gasteiger partial charge is 0.268 e. The molecule has 0 saturated carbocycles. The monoisotopic (exact) mass is 251 g/mol. The van der Waals surface area contributed by atoms with Gasteiger partial charge in [0.05, 0.1) is 5.56 Å². The van der Waals surface area contributed by atoms with Crippen LogP contribution in [0.5, 0.6) is 0 Å². The van der Waals surface area contributed by atoms with Gasteiger partial charge in [-0.25, -0.2) is 13.8 Å². The van der Waals surface area contributed by atoms with Crippen LogP contribution in [0.3, 0.4) is 0 Å². The Morgan fingerprint density at radius 3 is 2.62 bits per heavy atom. The number of nitrogens with zero attached hydrogens (tertiary/aromatic N) is 1. The predicted octanol–water partition coefficient (Wildman–Crippen LogP) is 1.82. The zero-order valence-corrected chi connectivity index (χ0v) is 8.18. The third-order valence-electron chi connectivity index (χ3n) is 1.59. The van der Waals surface area contributed by atoms with E-state index in [9.17, 15) is 8.78 Å². The Balaban J connectivity index is 3.30. The van der Waals surface area contributed by atoms with E-state index in [0.29, 0.717) is 5.56 Å². The molecule has 1 aromatic heterocycles. The van der Waals surface area contributed by atoms with Crippen molar-refractivity contribution >= 4 is 21.7 Å². The second-order valence-corrected chi connectivity index (χ2v) is 3.19. The van der Waals surface area contributed by atoms with Crippen molar-refractivity contribution in [2.45, 2.75) is 13.0 Å². The summed E-state index contributed by atoms with van der Waals surface area (Å²) in [6.45, 7) is 0.146. The van der Waals surface area contributed by atoms with Gasteiger partial charge in [-0.1, -0.05) is 0 Å². The van der Waals surface area contributed by atoms with Crippen LogP contribution < -0.4 is 11.5 Å². The molecule has 0 saturated heterocycles. The number of alkyl halides is 2. The minimum atomic E-state index is -2.65. The topological polar surface area (TPSA) is 64.9 Å². The summed E-state index contributed by atoms with van der Waals surface area (Å²) in [6.07, 6.45) is -1.26. The van der Waals surface area contributed by atoms with E-state index in [-0.39, 0.29) is 22.4 Å². The molecule has 3 nitrogen and oxygen atoms in total. The van der Waals surface area contributed by atoms with Crippen LogP contribution in [0.1, 0.15) is 17.6 Å². The third kappa shape index (κ3) is 1.94. The lowest BCUT2D eigenvalue weighted by Crippen LogP contribution is -2.05. The molecule has 0 aliphatic rings. The number of pyridine rings is 1. The molecule has 4 N–H and O–H groups in total. The van der Waals surface area contributed by atoms with Gasteiger partial charge in [-0.05, 0) is 21.5 Å². The van der Waals surface area contributed by atoms with Crippen molar-refractivity contribution in [1.29, 1.82) is 0 Å². The van der Waals surface area contributed by atoms with Gasteiger partial charge >= 0.3 is 0 Å². The fourth-order valence-electron chi connectivity index (χ4n) is 0.909. The maximum atomic E-state index is 12.4. The molecule has 0 spiro atoms. The van der Waals surface area contributed by atoms with Crippen molar-refractivity contribution in [1.82, 2.24) is 4.98 Å². The van der Waals surface area contributed by atoms with E-state index in [1.807, 2.05) is 0 Å². The Morgan fingerprint density at radius 1 is 1.54 bits per heavy atom. The molecule has 0 aromatic carbocycles. The lowest BCUT2D eigenvalue weighted by molar-refractivity contribution is 0.151. The van der Waals surface area contributed by atoms with Crippen LogP contribution in [-0.2, 0) is 6.54 Å². The van der Waals surface area contributed by atoms with Crippen LogP contribution in [0.25, 0.3) is 0 Å². The van der Waals surface area contributed by atoms with E-state index >= 15 is 0 Å². The van der Waals surface area contributed by atoms with Crippen molar-refractivity contribution in [3.63, 3.8) is 0 Å². The van der Waals surface area contributed by atoms with E-state index in [0.717, 1.165) is 0 Å². The van der Waals surface area contributed by atoms with Gasteiger partial charge in [0.1, 0.15) is 5.82 Å². The van der Waals surface area contributed by atoms with Crippen LogP contribution >= 0.6 is 15.9 Å². The second kappa shape index (κ2) is 3.97. The molecule has 0 unspecified atom stereocenters. The quantitative estimate of drug-likeness (QED) is 0.843. The van der Waals surface area contributed by atoms with E-state index in [2.05, 4.69) is 20.9 Å². The van der Waals surface area contributed by atoms with Gasteiger partial charge in [0.2, 0.25) is 0 Å². The summed E-state index contributed by atoms with van der Waals surface area (Å²) in [5.41, 5.74) is 10.8. The molecule has 0 fully saturated rings. The number of anilines is 1. The number of nitrogens with two attached hydrogens (primary N) is 2. The molecule has 0 aliphatic carbocycles. The zero-order valence-electron chi connectivity index (χ0n) is 6.60. The molecule has 0 atom stereocenters. The van der Waals surface area contributed by atoms with Gasteiger partial charge in [0.25, 0.3) is 6.43 Å². The summed E-state index contributed by atoms with van der Waals surface area (Å²) >= 11 is 3.01. The van der Waals surface area contributed by atoms with Crippen molar-refractivity contribution in [3.05, 3.63) is 21.8 Å². The Labute approximate surface area is 82.3 Å². The average Bonchev–Trinajstić information content (AvgIpc) is 2.04. The fourth-order valence-corrected chi connectivity index (χ4v) is 1.55. The molecule has 72 valence electrons. The summed E-state index contributed by atoms with van der Waals surface area (Å²) in [5.74, 6) is -0.168. The minimum Gasteiger partial charge on any atom is -0.383 e. The lowest BCUT2D eigenvalue weighted by Gasteiger charge is -2.09. The van der Waals surface area contributed by atoms with Gasteiger partial charge in [0.15, 0.2) is 0 Å². The van der Waals surface area contributed by atoms with Crippen molar-refractivity contribution in [2.75, 3.05) is 5.73 Å². The summed E-state index contributed by atoms with van der Waals surface area (Å²) < 4.78 is 25.1. The van der Waals surface area contributed by atoms with Crippen LogP contribution in [0.4, 0.5) is 14.6 Å². The minimum absolute atomic E-state index is 0.146. The van der Waals surface area contributed by atoms with Crippen LogP contribution in [-0.4, -0.2) is 4.98 Å². The molecule has 13 heavy (non-hydrogen) atoms. The van der Waals surface area contributed by atoms with E-state index in [1.54, 1.807) is 0 Å². The maximum Gasteiger partial charge on any atom is 0.268 e. The van der Waals surface area contributed by atoms with Gasteiger partial charge in [-0.3, -0.25) is 0 Å². The third-order valence-corrected chi connectivity index (χ3v) is 2.53. The maximum absolute atomic E-state index is 12.4. The highest BCUT2D eigenvalue weighted by atomic mass is 79.9. The second-order valence-electron chi connectivity index (χ2n) is 2.40. The highest BCUT2D eigenvalue weighted by molar-refractivity contribution is 9.10. The van der Waals surface area contributed by atoms with Crippen LogP contribution in [0, 0.1) is 0 Å². The lowest BCUT2D eigenvalue weighted by atomic mass is 10.2. The summed E-state index contributed by atoms with van der Waals surface area (Å²) in [7, 11) is 0. The van der Waals surface area contributed by atoms with Gasteiger partial charge in [-0.15, -0.1) is 0 Å². The van der Waals surface area contributed by atoms with E-state index < -0.39 is 6.43 Å². The number of rotatable bonds is 2. The summed E-state index contributed by atoms with van der Waals surface area (Å²) in [6, 6.07) is 0. The van der Waals surface area contributed by atoms with Crippen molar-refractivity contribution in [3.8, 4) is 0 Å². The van der Waals surface area contributed by atoms with Gasteiger partial charge in [0, 0.05) is 17.2 Å². The number of aromatic nitrogens is 1. The highest BCUT2D eigenvalue weighted by Gasteiger charge is 2.18. The van der Waals surface area contributed by atoms with Gasteiger partial charge < -0.3 is 11.5 Å². The Kier molecular flexibility index (Phi) is 3.16. The molecule has 0 aliphatic heterocycles. The molecule has 6 heteroatoms. The molecule has 1 aromatic rings. The number of nitrogen functional groups attached to an aromatic ring is 1. The van der Waals surface area contributed by atoms with E-state index in [4.69, 9.17) is 11.5 Å². The SMILES string of the molecule is NCc1cnc(N)c(C(F)F)c1Br. The van der Waals surface area contributed by atoms with Gasteiger partial charge in [-0.2, -0.15) is 0 Å². The fraction of sp³-hybridized carbons (Fsp3) is 0.286. The first-order valence-corrected chi connectivity index (χ1v) is 4.28. The molecular formula is C7H8BrF2N3. The Bertz CT molecular complexity index is 317. The molecule has 1 heterocycles. The molecular weight excluding hydrogens is 244 g/mol. The zero-order chi connectivity index (χ0) is 10.0. The van der Waals surface area contributed by atoms with Crippen LogP contribution in [0.15, 0.2) is 10.7 Å². The van der Waals surface area contributed by atoms with Crippen molar-refractivity contribution in [2.24, 2.45) is 5.73 Å². The first kappa shape index (κ1) is 10.3. The largest absolute Gasteiger partial charge is 0.383 e. The van der Waals surface area contributed by atoms with Crippen molar-refractivity contribution < 1.29 is 8.78 Å². The molecule has 1 rings (SSSR count). The summed E-state index contributed by atoms with van der Waals surface area (Å²) in [5, 5.41) is 0. The highest BCUT2D eigenvalue weighted by Crippen LogP contribution is 2.33. The average molecular weight is 252 g/mol. The number of hydrogen-bond donors (Lipinski definition) is 2.